The van der Waals surface area contributed by atoms with Gasteiger partial charge in [-0.3, -0.25) is 9.78 Å². The van der Waals surface area contributed by atoms with Crippen molar-refractivity contribution in [3.63, 3.8) is 0 Å². The summed E-state index contributed by atoms with van der Waals surface area (Å²) in [5, 5.41) is 12.9. The molecule has 0 aromatic carbocycles. The number of hydrogen-bond donors (Lipinski definition) is 2. The van der Waals surface area contributed by atoms with E-state index in [2.05, 4.69) is 15.3 Å². The standard InChI is InChI=1S/C16H23N3O2/c1-16(21,12-5-6-12)10-19-15(20)14-9-17-13(8-18-14)7-4-11-2-3-11/h8-9,11-12,21H,2-7,10H2,1H3,(H,19,20)/t16-/m0/s1. The van der Waals surface area contributed by atoms with Crippen molar-refractivity contribution in [3.8, 4) is 0 Å². The Bertz CT molecular complexity index is 505. The van der Waals surface area contributed by atoms with Crippen molar-refractivity contribution in [1.82, 2.24) is 15.3 Å². The molecule has 1 atom stereocenters. The van der Waals surface area contributed by atoms with Crippen LogP contribution in [0.1, 0.15) is 55.2 Å². The molecule has 2 N–H and O–H groups in total. The number of nitrogens with zero attached hydrogens (tertiary/aromatic N) is 2. The minimum Gasteiger partial charge on any atom is -0.388 e. The molecule has 114 valence electrons. The predicted molar refractivity (Wildman–Crippen MR) is 78.8 cm³/mol. The molecule has 2 saturated carbocycles. The van der Waals surface area contributed by atoms with Crippen molar-refractivity contribution in [2.24, 2.45) is 11.8 Å². The van der Waals surface area contributed by atoms with Gasteiger partial charge < -0.3 is 10.4 Å². The van der Waals surface area contributed by atoms with Crippen molar-refractivity contribution < 1.29 is 9.90 Å². The lowest BCUT2D eigenvalue weighted by molar-refractivity contribution is 0.0353. The summed E-state index contributed by atoms with van der Waals surface area (Å²) in [7, 11) is 0. The van der Waals surface area contributed by atoms with Gasteiger partial charge in [0.2, 0.25) is 0 Å². The lowest BCUT2D eigenvalue weighted by Crippen LogP contribution is -2.42. The zero-order valence-electron chi connectivity index (χ0n) is 12.5. The van der Waals surface area contributed by atoms with Gasteiger partial charge in [-0.15, -0.1) is 0 Å². The van der Waals surface area contributed by atoms with E-state index < -0.39 is 5.60 Å². The lowest BCUT2D eigenvalue weighted by Gasteiger charge is -2.23. The molecule has 5 nitrogen and oxygen atoms in total. The summed E-state index contributed by atoms with van der Waals surface area (Å²) in [4.78, 5) is 20.5. The Kier molecular flexibility index (Phi) is 3.93. The number of nitrogens with one attached hydrogen (secondary N) is 1. The molecule has 1 aromatic heterocycles. The fraction of sp³-hybridized carbons (Fsp3) is 0.688. The van der Waals surface area contributed by atoms with Crippen LogP contribution in [0.5, 0.6) is 0 Å². The molecule has 2 aliphatic carbocycles. The van der Waals surface area contributed by atoms with Gasteiger partial charge in [-0.05, 0) is 44.4 Å². The highest BCUT2D eigenvalue weighted by molar-refractivity contribution is 5.91. The van der Waals surface area contributed by atoms with E-state index in [0.29, 0.717) is 11.6 Å². The molecular weight excluding hydrogens is 266 g/mol. The molecule has 1 heterocycles. The van der Waals surface area contributed by atoms with E-state index in [0.717, 1.165) is 30.9 Å². The molecule has 1 amide bonds. The minimum absolute atomic E-state index is 0.265. The number of carbonyl (C=O) groups is 1. The molecule has 5 heteroatoms. The smallest absolute Gasteiger partial charge is 0.271 e. The van der Waals surface area contributed by atoms with Crippen LogP contribution in [0.2, 0.25) is 0 Å². The average Bonchev–Trinajstić information content (AvgIpc) is 3.35. The summed E-state index contributed by atoms with van der Waals surface area (Å²) in [6.07, 6.45) is 10.1. The maximum absolute atomic E-state index is 12.0. The molecule has 0 saturated heterocycles. The summed E-state index contributed by atoms with van der Waals surface area (Å²) in [5.74, 6) is 0.922. The van der Waals surface area contributed by atoms with Crippen LogP contribution in [-0.2, 0) is 6.42 Å². The molecular formula is C16H23N3O2. The molecule has 1 aromatic rings. The van der Waals surface area contributed by atoms with Crippen LogP contribution in [0, 0.1) is 11.8 Å². The topological polar surface area (TPSA) is 75.1 Å². The Morgan fingerprint density at radius 1 is 1.33 bits per heavy atom. The van der Waals surface area contributed by atoms with Gasteiger partial charge >= 0.3 is 0 Å². The molecule has 0 aliphatic heterocycles. The molecule has 0 radical (unpaired) electrons. The third-order valence-corrected chi connectivity index (χ3v) is 4.51. The molecule has 0 unspecified atom stereocenters. The number of aliphatic hydroxyl groups is 1. The van der Waals surface area contributed by atoms with Crippen LogP contribution in [-0.4, -0.2) is 33.1 Å². The van der Waals surface area contributed by atoms with Crippen LogP contribution in [0.3, 0.4) is 0 Å². The largest absolute Gasteiger partial charge is 0.388 e. The van der Waals surface area contributed by atoms with E-state index in [-0.39, 0.29) is 12.5 Å². The van der Waals surface area contributed by atoms with Gasteiger partial charge in [0, 0.05) is 12.7 Å². The van der Waals surface area contributed by atoms with Crippen LogP contribution in [0.25, 0.3) is 0 Å². The third kappa shape index (κ3) is 4.00. The highest BCUT2D eigenvalue weighted by atomic mass is 16.3. The maximum Gasteiger partial charge on any atom is 0.271 e. The maximum atomic E-state index is 12.0. The molecule has 2 aliphatic rings. The van der Waals surface area contributed by atoms with Crippen molar-refractivity contribution in [3.05, 3.63) is 23.8 Å². The van der Waals surface area contributed by atoms with Crippen molar-refractivity contribution >= 4 is 5.91 Å². The van der Waals surface area contributed by atoms with Gasteiger partial charge in [-0.2, -0.15) is 0 Å². The zero-order valence-corrected chi connectivity index (χ0v) is 12.5. The Hall–Kier alpha value is -1.49. The highest BCUT2D eigenvalue weighted by Crippen LogP contribution is 2.39. The normalized spacial score (nSPS) is 20.9. The fourth-order valence-electron chi connectivity index (χ4n) is 2.56. The quantitative estimate of drug-likeness (QED) is 0.801. The molecule has 2 fully saturated rings. The third-order valence-electron chi connectivity index (χ3n) is 4.51. The monoisotopic (exact) mass is 289 g/mol. The first-order valence-electron chi connectivity index (χ1n) is 7.86. The minimum atomic E-state index is -0.812. The molecule has 3 rings (SSSR count). The van der Waals surface area contributed by atoms with Gasteiger partial charge in [0.25, 0.3) is 5.91 Å². The number of hydrogen-bond acceptors (Lipinski definition) is 4. The summed E-state index contributed by atoms with van der Waals surface area (Å²) in [6, 6.07) is 0. The number of rotatable bonds is 7. The molecule has 21 heavy (non-hydrogen) atoms. The second-order valence-electron chi connectivity index (χ2n) is 6.69. The SMILES string of the molecule is C[C@](O)(CNC(=O)c1cnc(CCC2CC2)cn1)C1CC1. The van der Waals surface area contributed by atoms with E-state index in [1.807, 2.05) is 0 Å². The second kappa shape index (κ2) is 5.72. The number of aryl methyl sites for hydroxylation is 1. The first kappa shape index (κ1) is 14.4. The number of amides is 1. The molecule has 0 bridgehead atoms. The first-order chi connectivity index (χ1) is 10.0. The molecule has 0 spiro atoms. The van der Waals surface area contributed by atoms with Crippen LogP contribution >= 0.6 is 0 Å². The summed E-state index contributed by atoms with van der Waals surface area (Å²) < 4.78 is 0. The Morgan fingerprint density at radius 2 is 2.10 bits per heavy atom. The van der Waals surface area contributed by atoms with E-state index in [9.17, 15) is 9.90 Å². The van der Waals surface area contributed by atoms with Crippen LogP contribution in [0.15, 0.2) is 12.4 Å². The van der Waals surface area contributed by atoms with Gasteiger partial charge in [0.05, 0.1) is 17.5 Å². The van der Waals surface area contributed by atoms with E-state index >= 15 is 0 Å². The number of carbonyl (C=O) groups excluding carboxylic acids is 1. The number of aromatic nitrogens is 2. The van der Waals surface area contributed by atoms with Crippen LogP contribution in [0.4, 0.5) is 0 Å². The van der Waals surface area contributed by atoms with Crippen molar-refractivity contribution in [2.45, 2.75) is 51.0 Å². The Labute approximate surface area is 125 Å². The van der Waals surface area contributed by atoms with Crippen molar-refractivity contribution in [2.75, 3.05) is 6.54 Å². The average molecular weight is 289 g/mol. The Balaban J connectivity index is 1.49. The Morgan fingerprint density at radius 3 is 2.67 bits per heavy atom. The van der Waals surface area contributed by atoms with Gasteiger partial charge in [-0.1, -0.05) is 12.8 Å². The van der Waals surface area contributed by atoms with E-state index in [1.54, 1.807) is 13.1 Å². The van der Waals surface area contributed by atoms with Gasteiger partial charge in [0.1, 0.15) is 5.69 Å². The summed E-state index contributed by atoms with van der Waals surface area (Å²) in [5.41, 5.74) is 0.452. The van der Waals surface area contributed by atoms with Crippen molar-refractivity contribution in [1.29, 1.82) is 0 Å². The predicted octanol–water partition coefficient (Wildman–Crippen LogP) is 1.71. The van der Waals surface area contributed by atoms with Gasteiger partial charge in [0.15, 0.2) is 0 Å². The first-order valence-corrected chi connectivity index (χ1v) is 7.86. The summed E-state index contributed by atoms with van der Waals surface area (Å²) in [6.45, 7) is 2.04. The van der Waals surface area contributed by atoms with E-state index in [4.69, 9.17) is 0 Å². The van der Waals surface area contributed by atoms with Crippen LogP contribution < -0.4 is 5.32 Å². The fourth-order valence-corrected chi connectivity index (χ4v) is 2.56. The van der Waals surface area contributed by atoms with Gasteiger partial charge in [-0.25, -0.2) is 4.98 Å². The second-order valence-corrected chi connectivity index (χ2v) is 6.69. The summed E-state index contributed by atoms with van der Waals surface area (Å²) >= 11 is 0. The zero-order chi connectivity index (χ0) is 14.9. The highest BCUT2D eigenvalue weighted by Gasteiger charge is 2.40. The lowest BCUT2D eigenvalue weighted by atomic mass is 10.0. The van der Waals surface area contributed by atoms with E-state index in [1.165, 1.54) is 25.5 Å².